The number of nitrogens with zero attached hydrogens (tertiary/aromatic N) is 1. The van der Waals surface area contributed by atoms with Gasteiger partial charge in [0.1, 0.15) is 0 Å². The van der Waals surface area contributed by atoms with Gasteiger partial charge in [0.25, 0.3) is 0 Å². The molecule has 1 N–H and O–H groups in total. The van der Waals surface area contributed by atoms with Gasteiger partial charge in [-0.05, 0) is 31.2 Å². The number of amides is 1. The molecule has 1 aromatic carbocycles. The van der Waals surface area contributed by atoms with Gasteiger partial charge in [-0.15, -0.1) is 0 Å². The minimum atomic E-state index is -3.18. The number of hydrogen-bond acceptors (Lipinski definition) is 4. The van der Waals surface area contributed by atoms with Gasteiger partial charge in [-0.25, -0.2) is 12.7 Å². The molecule has 1 unspecified atom stereocenters. The van der Waals surface area contributed by atoms with E-state index in [0.29, 0.717) is 39.1 Å². The second-order valence-corrected chi connectivity index (χ2v) is 8.46. The molecule has 1 amide bonds. The second kappa shape index (κ2) is 9.89. The monoisotopic (exact) mass is 368 g/mol. The fraction of sp³-hybridized carbons (Fsp3) is 0.611. The summed E-state index contributed by atoms with van der Waals surface area (Å²) in [4.78, 5) is 12.0. The average molecular weight is 368 g/mol. The van der Waals surface area contributed by atoms with Crippen molar-refractivity contribution in [2.45, 2.75) is 38.1 Å². The Balaban J connectivity index is 1.56. The molecule has 6 nitrogen and oxygen atoms in total. The van der Waals surface area contributed by atoms with Crippen molar-refractivity contribution >= 4 is 15.9 Å². The van der Waals surface area contributed by atoms with Crippen LogP contribution in [-0.2, 0) is 26.0 Å². The molecule has 0 aliphatic carbocycles. The molecule has 0 radical (unpaired) electrons. The lowest BCUT2D eigenvalue weighted by molar-refractivity contribution is -0.122. The van der Waals surface area contributed by atoms with Crippen LogP contribution in [-0.4, -0.2) is 57.2 Å². The zero-order valence-corrected chi connectivity index (χ0v) is 15.6. The number of nitrogens with one attached hydrogen (secondary N) is 1. The first kappa shape index (κ1) is 19.9. The van der Waals surface area contributed by atoms with Crippen LogP contribution in [0.1, 0.15) is 31.2 Å². The van der Waals surface area contributed by atoms with E-state index < -0.39 is 10.0 Å². The third kappa shape index (κ3) is 7.54. The highest BCUT2D eigenvalue weighted by Gasteiger charge is 2.26. The summed E-state index contributed by atoms with van der Waals surface area (Å²) >= 11 is 0. The van der Waals surface area contributed by atoms with Crippen LogP contribution in [0, 0.1) is 0 Å². The maximum atomic E-state index is 12.0. The molecule has 0 spiro atoms. The molecule has 1 aliphatic heterocycles. The summed E-state index contributed by atoms with van der Waals surface area (Å²) in [6.07, 6.45) is 4.76. The topological polar surface area (TPSA) is 75.7 Å². The van der Waals surface area contributed by atoms with E-state index >= 15 is 0 Å². The Bertz CT molecular complexity index is 634. The van der Waals surface area contributed by atoms with Crippen LogP contribution in [0.2, 0.25) is 0 Å². The van der Waals surface area contributed by atoms with Crippen molar-refractivity contribution in [3.63, 3.8) is 0 Å². The lowest BCUT2D eigenvalue weighted by atomic mass is 10.1. The second-order valence-electron chi connectivity index (χ2n) is 6.48. The van der Waals surface area contributed by atoms with Gasteiger partial charge in [0.05, 0.1) is 12.9 Å². The predicted octanol–water partition coefficient (Wildman–Crippen LogP) is 1.57. The molecule has 7 heteroatoms. The van der Waals surface area contributed by atoms with Crippen molar-refractivity contribution in [3.8, 4) is 0 Å². The summed E-state index contributed by atoms with van der Waals surface area (Å²) < 4.78 is 30.2. The lowest BCUT2D eigenvalue weighted by Crippen LogP contribution is -2.49. The molecule has 140 valence electrons. The number of carbonyl (C=O) groups is 1. The maximum Gasteiger partial charge on any atom is 0.220 e. The number of ether oxygens (including phenoxy) is 1. The van der Waals surface area contributed by atoms with Gasteiger partial charge in [-0.3, -0.25) is 4.79 Å². The molecule has 1 aromatic rings. The van der Waals surface area contributed by atoms with E-state index in [1.807, 2.05) is 18.2 Å². The normalized spacial score (nSPS) is 18.8. The lowest BCUT2D eigenvalue weighted by Gasteiger charge is -2.31. The first-order valence-corrected chi connectivity index (χ1v) is 10.7. The average Bonchev–Trinajstić information content (AvgIpc) is 2.58. The SMILES string of the molecule is CS(=O)(=O)N1CCCC(NC(=O)CCCOCCc2ccccc2)C1. The van der Waals surface area contributed by atoms with E-state index in [1.165, 1.54) is 16.1 Å². The van der Waals surface area contributed by atoms with Gasteiger partial charge in [-0.1, -0.05) is 30.3 Å². The van der Waals surface area contributed by atoms with Crippen LogP contribution in [0.5, 0.6) is 0 Å². The third-order valence-corrected chi connectivity index (χ3v) is 5.56. The highest BCUT2D eigenvalue weighted by atomic mass is 32.2. The van der Waals surface area contributed by atoms with E-state index in [0.717, 1.165) is 19.3 Å². The van der Waals surface area contributed by atoms with Crippen LogP contribution in [0.3, 0.4) is 0 Å². The van der Waals surface area contributed by atoms with Gasteiger partial charge in [0, 0.05) is 32.2 Å². The molecule has 0 aromatic heterocycles. The van der Waals surface area contributed by atoms with Crippen molar-refractivity contribution in [1.82, 2.24) is 9.62 Å². The zero-order chi connectivity index (χ0) is 18.1. The Kier molecular flexibility index (Phi) is 7.87. The number of sulfonamides is 1. The quantitative estimate of drug-likeness (QED) is 0.671. The van der Waals surface area contributed by atoms with E-state index in [9.17, 15) is 13.2 Å². The van der Waals surface area contributed by atoms with Crippen LogP contribution >= 0.6 is 0 Å². The molecule has 1 heterocycles. The van der Waals surface area contributed by atoms with Gasteiger partial charge in [-0.2, -0.15) is 0 Å². The van der Waals surface area contributed by atoms with Crippen LogP contribution in [0.25, 0.3) is 0 Å². The van der Waals surface area contributed by atoms with E-state index in [1.54, 1.807) is 0 Å². The van der Waals surface area contributed by atoms with Crippen LogP contribution in [0.15, 0.2) is 30.3 Å². The minimum Gasteiger partial charge on any atom is -0.381 e. The minimum absolute atomic E-state index is 0.0352. The maximum absolute atomic E-state index is 12.0. The fourth-order valence-electron chi connectivity index (χ4n) is 2.93. The Morgan fingerprint density at radius 1 is 1.28 bits per heavy atom. The van der Waals surface area contributed by atoms with Crippen molar-refractivity contribution < 1.29 is 17.9 Å². The summed E-state index contributed by atoms with van der Waals surface area (Å²) in [6.45, 7) is 2.12. The first-order valence-electron chi connectivity index (χ1n) is 8.81. The Labute approximate surface area is 150 Å². The van der Waals surface area contributed by atoms with Crippen molar-refractivity contribution in [3.05, 3.63) is 35.9 Å². The Hall–Kier alpha value is -1.44. The molecular formula is C18H28N2O4S. The van der Waals surface area contributed by atoms with E-state index in [-0.39, 0.29) is 11.9 Å². The molecule has 2 rings (SSSR count). The molecule has 1 aliphatic rings. The van der Waals surface area contributed by atoms with Crippen LogP contribution in [0.4, 0.5) is 0 Å². The first-order chi connectivity index (χ1) is 11.9. The zero-order valence-electron chi connectivity index (χ0n) is 14.8. The Morgan fingerprint density at radius 3 is 2.76 bits per heavy atom. The van der Waals surface area contributed by atoms with E-state index in [4.69, 9.17) is 4.74 Å². The van der Waals surface area contributed by atoms with Gasteiger partial charge < -0.3 is 10.1 Å². The highest BCUT2D eigenvalue weighted by Crippen LogP contribution is 2.13. The standard InChI is InChI=1S/C18H28N2O4S/c1-25(22,23)20-12-5-9-17(15-20)19-18(21)10-6-13-24-14-11-16-7-3-2-4-8-16/h2-4,7-8,17H,5-6,9-15H2,1H3,(H,19,21). The molecule has 1 fully saturated rings. The smallest absolute Gasteiger partial charge is 0.220 e. The summed E-state index contributed by atoms with van der Waals surface area (Å²) in [5.41, 5.74) is 1.24. The van der Waals surface area contributed by atoms with Gasteiger partial charge in [0.2, 0.25) is 15.9 Å². The summed E-state index contributed by atoms with van der Waals surface area (Å²) in [5.74, 6) is -0.0352. The molecule has 0 saturated carbocycles. The third-order valence-electron chi connectivity index (χ3n) is 4.29. The van der Waals surface area contributed by atoms with Crippen LogP contribution < -0.4 is 5.32 Å². The number of hydrogen-bond donors (Lipinski definition) is 1. The van der Waals surface area contributed by atoms with Crippen molar-refractivity contribution in [2.75, 3.05) is 32.6 Å². The number of piperidine rings is 1. The van der Waals surface area contributed by atoms with Gasteiger partial charge in [0.15, 0.2) is 0 Å². The summed E-state index contributed by atoms with van der Waals surface area (Å²) in [6, 6.07) is 10.1. The molecular weight excluding hydrogens is 340 g/mol. The number of rotatable bonds is 9. The summed E-state index contributed by atoms with van der Waals surface area (Å²) in [5, 5.41) is 2.94. The molecule has 25 heavy (non-hydrogen) atoms. The van der Waals surface area contributed by atoms with Crippen molar-refractivity contribution in [2.24, 2.45) is 0 Å². The fourth-order valence-corrected chi connectivity index (χ4v) is 3.84. The molecule has 0 bridgehead atoms. The molecule has 1 saturated heterocycles. The molecule has 1 atom stereocenters. The van der Waals surface area contributed by atoms with Crippen molar-refractivity contribution in [1.29, 1.82) is 0 Å². The highest BCUT2D eigenvalue weighted by molar-refractivity contribution is 7.88. The largest absolute Gasteiger partial charge is 0.381 e. The number of carbonyl (C=O) groups excluding carboxylic acids is 1. The summed E-state index contributed by atoms with van der Waals surface area (Å²) in [7, 11) is -3.18. The number of benzene rings is 1. The van der Waals surface area contributed by atoms with E-state index in [2.05, 4.69) is 17.4 Å². The predicted molar refractivity (Wildman–Crippen MR) is 97.8 cm³/mol. The Morgan fingerprint density at radius 2 is 2.04 bits per heavy atom. The van der Waals surface area contributed by atoms with Gasteiger partial charge >= 0.3 is 0 Å².